The summed E-state index contributed by atoms with van der Waals surface area (Å²) in [6.45, 7) is 1.81. The molecule has 2 rings (SSSR count). The lowest BCUT2D eigenvalue weighted by molar-refractivity contribution is -0.120. The second kappa shape index (κ2) is 4.99. The van der Waals surface area contributed by atoms with Crippen LogP contribution in [0, 0.1) is 0 Å². The summed E-state index contributed by atoms with van der Waals surface area (Å²) in [4.78, 5) is 11.2. The second-order valence-corrected chi connectivity index (χ2v) is 3.97. The van der Waals surface area contributed by atoms with Crippen LogP contribution in [0.15, 0.2) is 23.3 Å². The van der Waals surface area contributed by atoms with Crippen LogP contribution in [0.4, 0.5) is 0 Å². The van der Waals surface area contributed by atoms with Crippen molar-refractivity contribution in [3.63, 3.8) is 0 Å². The minimum atomic E-state index is -0.0613. The number of carbonyl (C=O) groups excluding carboxylic acids is 1. The maximum absolute atomic E-state index is 11.2. The molecule has 1 aromatic rings. The van der Waals surface area contributed by atoms with Gasteiger partial charge in [0, 0.05) is 12.0 Å². The third-order valence-corrected chi connectivity index (χ3v) is 2.90. The van der Waals surface area contributed by atoms with Gasteiger partial charge in [-0.05, 0) is 30.5 Å². The zero-order valence-electron chi connectivity index (χ0n) is 10.1. The Labute approximate surface area is 101 Å². The molecule has 1 amide bonds. The number of ether oxygens (including phenoxy) is 1. The summed E-state index contributed by atoms with van der Waals surface area (Å²) in [5.74, 6) is 0.758. The summed E-state index contributed by atoms with van der Waals surface area (Å²) in [6.07, 6.45) is 2.29. The van der Waals surface area contributed by atoms with Crippen LogP contribution >= 0.6 is 0 Å². The third-order valence-electron chi connectivity index (χ3n) is 2.90. The van der Waals surface area contributed by atoms with Crippen molar-refractivity contribution in [2.45, 2.75) is 26.2 Å². The zero-order valence-corrected chi connectivity index (χ0v) is 10.1. The molecule has 0 saturated carbocycles. The number of nitrogens with zero attached hydrogens (tertiary/aromatic N) is 1. The lowest BCUT2D eigenvalue weighted by atomic mass is 10.1. The molecule has 0 heterocycles. The van der Waals surface area contributed by atoms with Crippen molar-refractivity contribution in [2.24, 2.45) is 5.10 Å². The molecule has 0 aliphatic heterocycles. The van der Waals surface area contributed by atoms with Crippen LogP contribution in [-0.2, 0) is 11.2 Å². The molecule has 1 aliphatic rings. The fraction of sp³-hybridized carbons (Fsp3) is 0.385. The van der Waals surface area contributed by atoms with E-state index < -0.39 is 0 Å². The topological polar surface area (TPSA) is 50.7 Å². The first-order chi connectivity index (χ1) is 8.24. The summed E-state index contributed by atoms with van der Waals surface area (Å²) >= 11 is 0. The smallest absolute Gasteiger partial charge is 0.239 e. The van der Waals surface area contributed by atoms with Crippen molar-refractivity contribution < 1.29 is 9.53 Å². The summed E-state index contributed by atoms with van der Waals surface area (Å²) in [6, 6.07) is 5.98. The number of hydrogen-bond donors (Lipinski definition) is 1. The van der Waals surface area contributed by atoms with E-state index >= 15 is 0 Å². The normalized spacial score (nSPS) is 15.8. The van der Waals surface area contributed by atoms with E-state index in [0.29, 0.717) is 6.42 Å². The molecule has 0 fully saturated rings. The van der Waals surface area contributed by atoms with E-state index in [-0.39, 0.29) is 5.91 Å². The highest BCUT2D eigenvalue weighted by Gasteiger charge is 2.18. The molecule has 1 N–H and O–H groups in total. The van der Waals surface area contributed by atoms with Gasteiger partial charge in [0.1, 0.15) is 5.75 Å². The van der Waals surface area contributed by atoms with Crippen molar-refractivity contribution in [1.82, 2.24) is 5.43 Å². The first-order valence-corrected chi connectivity index (χ1v) is 5.77. The van der Waals surface area contributed by atoms with Crippen molar-refractivity contribution in [3.05, 3.63) is 29.3 Å². The minimum Gasteiger partial charge on any atom is -0.497 e. The summed E-state index contributed by atoms with van der Waals surface area (Å²) in [5.41, 5.74) is 5.84. The second-order valence-electron chi connectivity index (χ2n) is 3.97. The van der Waals surface area contributed by atoms with Gasteiger partial charge in [-0.3, -0.25) is 4.79 Å². The molecule has 0 radical (unpaired) electrons. The van der Waals surface area contributed by atoms with Crippen LogP contribution in [0.2, 0.25) is 0 Å². The van der Waals surface area contributed by atoms with Gasteiger partial charge in [0.15, 0.2) is 0 Å². The fourth-order valence-electron chi connectivity index (χ4n) is 1.88. The van der Waals surface area contributed by atoms with Gasteiger partial charge in [0.2, 0.25) is 5.91 Å². The van der Waals surface area contributed by atoms with Crippen molar-refractivity contribution >= 4 is 11.6 Å². The number of aryl methyl sites for hydroxylation is 1. The lowest BCUT2D eigenvalue weighted by Crippen LogP contribution is -2.17. The Morgan fingerprint density at radius 1 is 1.47 bits per heavy atom. The monoisotopic (exact) mass is 232 g/mol. The van der Waals surface area contributed by atoms with E-state index in [4.69, 9.17) is 4.74 Å². The molecule has 0 saturated heterocycles. The first-order valence-electron chi connectivity index (χ1n) is 5.77. The first kappa shape index (κ1) is 11.6. The van der Waals surface area contributed by atoms with Gasteiger partial charge in [0.25, 0.3) is 0 Å². The molecule has 0 atom stereocenters. The third kappa shape index (κ3) is 2.46. The van der Waals surface area contributed by atoms with Gasteiger partial charge >= 0.3 is 0 Å². The Morgan fingerprint density at radius 2 is 2.29 bits per heavy atom. The molecule has 17 heavy (non-hydrogen) atoms. The van der Waals surface area contributed by atoms with Gasteiger partial charge in [-0.25, -0.2) is 5.43 Å². The number of rotatable bonds is 3. The predicted octanol–water partition coefficient (Wildman–Crippen LogP) is 1.87. The van der Waals surface area contributed by atoms with Crippen LogP contribution in [0.1, 0.15) is 30.9 Å². The van der Waals surface area contributed by atoms with Crippen LogP contribution < -0.4 is 10.2 Å². The molecule has 0 bridgehead atoms. The number of amides is 1. The number of hydrogen-bond acceptors (Lipinski definition) is 3. The number of methoxy groups -OCH3 is 1. The maximum atomic E-state index is 11.2. The lowest BCUT2D eigenvalue weighted by Gasteiger charge is -2.04. The van der Waals surface area contributed by atoms with Crippen molar-refractivity contribution in [2.75, 3.05) is 7.11 Å². The largest absolute Gasteiger partial charge is 0.497 e. The summed E-state index contributed by atoms with van der Waals surface area (Å²) in [7, 11) is 1.65. The maximum Gasteiger partial charge on any atom is 0.239 e. The Morgan fingerprint density at radius 3 is 3.00 bits per heavy atom. The minimum absolute atomic E-state index is 0.0613. The number of carbonyl (C=O) groups is 1. The van der Waals surface area contributed by atoms with Crippen molar-refractivity contribution in [3.8, 4) is 5.75 Å². The predicted molar refractivity (Wildman–Crippen MR) is 66.3 cm³/mol. The summed E-state index contributed by atoms with van der Waals surface area (Å²) in [5, 5.41) is 4.17. The molecule has 1 aliphatic carbocycles. The number of benzene rings is 1. The molecule has 90 valence electrons. The van der Waals surface area contributed by atoms with Gasteiger partial charge in [-0.15, -0.1) is 0 Å². The molecule has 0 spiro atoms. The van der Waals surface area contributed by atoms with Gasteiger partial charge < -0.3 is 4.74 Å². The quantitative estimate of drug-likeness (QED) is 0.809. The molecular weight excluding hydrogens is 216 g/mol. The Kier molecular flexibility index (Phi) is 3.42. The highest BCUT2D eigenvalue weighted by Crippen LogP contribution is 2.26. The van der Waals surface area contributed by atoms with Crippen molar-refractivity contribution in [1.29, 1.82) is 0 Å². The number of nitrogens with one attached hydrogen (secondary N) is 1. The highest BCUT2D eigenvalue weighted by atomic mass is 16.5. The number of fused-ring (bicyclic) bond motifs is 1. The Balaban J connectivity index is 2.23. The van der Waals surface area contributed by atoms with Gasteiger partial charge in [0.05, 0.1) is 12.8 Å². The van der Waals surface area contributed by atoms with Gasteiger partial charge in [-0.1, -0.05) is 13.0 Å². The zero-order chi connectivity index (χ0) is 12.3. The van der Waals surface area contributed by atoms with Crippen LogP contribution in [0.5, 0.6) is 5.75 Å². The molecular formula is C13H16N2O2. The van der Waals surface area contributed by atoms with Crippen LogP contribution in [0.25, 0.3) is 0 Å². The molecule has 0 unspecified atom stereocenters. The molecule has 0 aromatic heterocycles. The van der Waals surface area contributed by atoms with Gasteiger partial charge in [-0.2, -0.15) is 5.10 Å². The Hall–Kier alpha value is -1.84. The average molecular weight is 232 g/mol. The van der Waals surface area contributed by atoms with E-state index in [1.807, 2.05) is 12.1 Å². The Bertz CT molecular complexity index is 466. The van der Waals surface area contributed by atoms with Crippen LogP contribution in [-0.4, -0.2) is 18.7 Å². The fourth-order valence-corrected chi connectivity index (χ4v) is 1.88. The van der Waals surface area contributed by atoms with E-state index in [1.165, 1.54) is 5.56 Å². The van der Waals surface area contributed by atoms with E-state index in [0.717, 1.165) is 29.9 Å². The molecule has 4 nitrogen and oxygen atoms in total. The van der Waals surface area contributed by atoms with Crippen LogP contribution in [0.3, 0.4) is 0 Å². The average Bonchev–Trinajstić information content (AvgIpc) is 2.78. The number of hydrazone groups is 1. The van der Waals surface area contributed by atoms with E-state index in [2.05, 4.69) is 16.6 Å². The summed E-state index contributed by atoms with van der Waals surface area (Å²) < 4.78 is 5.19. The molecule has 1 aromatic carbocycles. The highest BCUT2D eigenvalue weighted by molar-refractivity contribution is 6.05. The van der Waals surface area contributed by atoms with E-state index in [9.17, 15) is 4.79 Å². The molecule has 4 heteroatoms. The SMILES string of the molecule is CCC(=O)N/N=C1\CCc2ccc(OC)cc21. The van der Waals surface area contributed by atoms with E-state index in [1.54, 1.807) is 14.0 Å². The standard InChI is InChI=1S/C13H16N2O2/c1-3-13(16)15-14-12-7-5-9-4-6-10(17-2)8-11(9)12/h4,6,8H,3,5,7H2,1-2H3,(H,15,16)/b14-12+.